The summed E-state index contributed by atoms with van der Waals surface area (Å²) in [6, 6.07) is 14.2. The number of H-pyrrole nitrogens is 1. The molecule has 2 aromatic heterocycles. The number of nitrogens with two attached hydrogens (primary N) is 2. The average Bonchev–Trinajstić information content (AvgIpc) is 1.55. The molecule has 12 atom stereocenters. The number of carbonyl (C=O) groups excluding carboxylic acids is 11. The highest BCUT2D eigenvalue weighted by molar-refractivity contribution is 6.01. The van der Waals surface area contributed by atoms with E-state index in [0.717, 1.165) is 54.7 Å². The van der Waals surface area contributed by atoms with E-state index in [1.54, 1.807) is 55.8 Å². The topological polar surface area (TPSA) is 537 Å². The Morgan fingerprint density at radius 1 is 0.688 bits per heavy atom. The van der Waals surface area contributed by atoms with Crippen LogP contribution >= 0.6 is 0 Å². The number of carboxylic acids is 2. The first kappa shape index (κ1) is 87.1. The first-order valence-electron chi connectivity index (χ1n) is 36.1. The normalized spacial score (nSPS) is 16.4. The van der Waals surface area contributed by atoms with Gasteiger partial charge < -0.3 is 99.5 Å². The standard InChI is InChI=1S/C77H96FN15O19/c1-8-46-32-50(112-7)23-24-52(46)47-21-18-44(19-22-47)30-58(68(104)85-57(66(80)102)31-45-20-25-55(82-36-45)51-16-11-9-14-41(51)2)86-69(105)59(34-63(100)101)87-70(106)60(39-94)88-71(107)64(42(3)95)91-74(110)76(5,35-48-15-10-12-17-53(48)78)92-72(108)65(43(4)96)90-61(97)38-83-67(103)56(26-27-62(98)99)89-75(111)77(6)28-13-29-93(77)73(109)54(79)33-49-37-81-40-84-49/h9-12,14-25,32,36-37,40,42-43,54,56-60,64-65,94-96H,8,13,26-31,33-35,38-39,79H2,1-7H3,(H2,80,102)(H,81,84)(H,83,103)(H,85,104)(H,86,105)(H,87,106)(H,88,107)(H,89,111)(H,90,97)(H,91,110)(H,92,108)(H,98,99)(H,100,101)/t42-,43-,54+,56+,57+,58+,59+,60+,64+,65+,76?,77?/m1/s1. The summed E-state index contributed by atoms with van der Waals surface area (Å²) in [5, 5.41) is 73.2. The van der Waals surface area contributed by atoms with Crippen LogP contribution in [-0.4, -0.2) is 221 Å². The van der Waals surface area contributed by atoms with Crippen molar-refractivity contribution in [1.29, 1.82) is 0 Å². The maximum atomic E-state index is 15.5. The summed E-state index contributed by atoms with van der Waals surface area (Å²) in [5.74, 6) is -15.7. The Morgan fingerprint density at radius 3 is 1.92 bits per heavy atom. The van der Waals surface area contributed by atoms with Crippen LogP contribution in [0.15, 0.2) is 122 Å². The molecule has 11 amide bonds. The lowest BCUT2D eigenvalue weighted by Gasteiger charge is -2.36. The second-order valence-corrected chi connectivity index (χ2v) is 27.8. The Kier molecular flexibility index (Phi) is 31.2. The monoisotopic (exact) mass is 1550 g/mol. The zero-order valence-electron chi connectivity index (χ0n) is 62.8. The van der Waals surface area contributed by atoms with Gasteiger partial charge in [0, 0.05) is 56.6 Å². The summed E-state index contributed by atoms with van der Waals surface area (Å²) >= 11 is 0. The van der Waals surface area contributed by atoms with E-state index in [9.17, 15) is 87.9 Å². The molecular formula is C77H96FN15O19. The fraction of sp³-hybridized carbons (Fsp3) is 0.416. The summed E-state index contributed by atoms with van der Waals surface area (Å²) in [5.41, 5.74) is 14.3. The number of nitrogens with one attached hydrogen (secondary N) is 10. The van der Waals surface area contributed by atoms with E-state index in [2.05, 4.69) is 62.8 Å². The number of aliphatic carboxylic acids is 2. The van der Waals surface area contributed by atoms with Crippen molar-refractivity contribution in [3.05, 3.63) is 161 Å². The van der Waals surface area contributed by atoms with Gasteiger partial charge in [0.25, 0.3) is 0 Å². The lowest BCUT2D eigenvalue weighted by molar-refractivity contribution is -0.146. The predicted octanol–water partition coefficient (Wildman–Crippen LogP) is -0.900. The van der Waals surface area contributed by atoms with Gasteiger partial charge in [-0.25, -0.2) is 9.37 Å². The van der Waals surface area contributed by atoms with Crippen molar-refractivity contribution in [1.82, 2.24) is 67.7 Å². The number of likely N-dealkylation sites (tertiary alicyclic amines) is 1. The molecule has 0 aliphatic carbocycles. The number of aliphatic hydroxyl groups is 3. The van der Waals surface area contributed by atoms with Gasteiger partial charge >= 0.3 is 11.9 Å². The summed E-state index contributed by atoms with van der Waals surface area (Å²) in [7, 11) is 1.54. The van der Waals surface area contributed by atoms with E-state index in [0.29, 0.717) is 41.1 Å². The highest BCUT2D eigenvalue weighted by atomic mass is 19.1. The first-order valence-corrected chi connectivity index (χ1v) is 36.1. The van der Waals surface area contributed by atoms with E-state index in [1.807, 2.05) is 50.2 Å². The van der Waals surface area contributed by atoms with Gasteiger partial charge in [0.05, 0.1) is 62.6 Å². The number of aryl methyl sites for hydroxylation is 2. The second-order valence-electron chi connectivity index (χ2n) is 27.8. The van der Waals surface area contributed by atoms with Crippen LogP contribution < -0.4 is 64.1 Å². The van der Waals surface area contributed by atoms with Gasteiger partial charge in [-0.3, -0.25) is 67.3 Å². The van der Waals surface area contributed by atoms with Gasteiger partial charge in [0.15, 0.2) is 0 Å². The molecule has 1 aliphatic heterocycles. The van der Waals surface area contributed by atoms with Crippen molar-refractivity contribution in [2.45, 2.75) is 177 Å². The number of ether oxygens (including phenoxy) is 1. The SMILES string of the molecule is CCc1cc(OC)ccc1-c1ccc(C[C@H](NC(=O)[C@H](CC(=O)O)NC(=O)[C@H](CO)NC(=O)[C@@H](NC(=O)C(C)(Cc2ccccc2F)NC(=O)[C@@H](NC(=O)CNC(=O)[C@H](CCC(=O)O)NC(=O)C2(C)CCCN2C(=O)[C@@H](N)Cc2c[nH]cn2)[C@@H](C)O)[C@@H](C)O)C(=O)N[C@@H](Cc2ccc(-c3ccccc3C)nc2)C(N)=O)cc1. The van der Waals surface area contributed by atoms with Gasteiger partial charge in [0.2, 0.25) is 65.0 Å². The van der Waals surface area contributed by atoms with Crippen molar-refractivity contribution >= 4 is 76.9 Å². The number of halogens is 1. The minimum Gasteiger partial charge on any atom is -0.497 e. The molecule has 7 rings (SSSR count). The molecule has 1 fully saturated rings. The first-order chi connectivity index (χ1) is 53.1. The number of hydrogen-bond donors (Lipinski definition) is 17. The molecule has 0 radical (unpaired) electrons. The molecule has 0 bridgehead atoms. The lowest BCUT2D eigenvalue weighted by Crippen LogP contribution is -2.67. The number of aliphatic hydroxyl groups excluding tert-OH is 3. The number of aromatic amines is 1. The highest BCUT2D eigenvalue weighted by Crippen LogP contribution is 2.32. The Morgan fingerprint density at radius 2 is 1.31 bits per heavy atom. The summed E-state index contributed by atoms with van der Waals surface area (Å²) < 4.78 is 20.9. The van der Waals surface area contributed by atoms with Gasteiger partial charge in [-0.15, -0.1) is 0 Å². The van der Waals surface area contributed by atoms with Gasteiger partial charge in [-0.2, -0.15) is 0 Å². The molecule has 0 spiro atoms. The van der Waals surface area contributed by atoms with Crippen LogP contribution in [0, 0.1) is 12.7 Å². The van der Waals surface area contributed by atoms with Crippen molar-refractivity contribution in [3.8, 4) is 28.1 Å². The molecule has 6 aromatic rings. The Labute approximate surface area is 644 Å². The smallest absolute Gasteiger partial charge is 0.305 e. The van der Waals surface area contributed by atoms with E-state index in [1.165, 1.54) is 42.5 Å². The minimum atomic E-state index is -2.43. The number of nitrogens with zero attached hydrogens (tertiary/aromatic N) is 3. The molecule has 1 saturated heterocycles. The maximum Gasteiger partial charge on any atom is 0.305 e. The summed E-state index contributed by atoms with van der Waals surface area (Å²) in [6.07, 6.45) is -1.68. The van der Waals surface area contributed by atoms with Gasteiger partial charge in [-0.05, 0) is 124 Å². The molecule has 600 valence electrons. The third-order valence-corrected chi connectivity index (χ3v) is 19.1. The third-order valence-electron chi connectivity index (χ3n) is 19.1. The molecule has 112 heavy (non-hydrogen) atoms. The van der Waals surface area contributed by atoms with Crippen LogP contribution in [0.25, 0.3) is 22.4 Å². The third kappa shape index (κ3) is 23.7. The average molecular weight is 1550 g/mol. The fourth-order valence-corrected chi connectivity index (χ4v) is 12.7. The Bertz CT molecular complexity index is 4380. The van der Waals surface area contributed by atoms with Crippen LogP contribution in [0.2, 0.25) is 0 Å². The van der Waals surface area contributed by atoms with Crippen LogP contribution in [-0.2, 0) is 94.4 Å². The van der Waals surface area contributed by atoms with Gasteiger partial charge in [-0.1, -0.05) is 85.8 Å². The van der Waals surface area contributed by atoms with Crippen LogP contribution in [0.4, 0.5) is 4.39 Å². The number of aromatic nitrogens is 3. The summed E-state index contributed by atoms with van der Waals surface area (Å²) in [6.45, 7) is 6.27. The minimum absolute atomic E-state index is 0.0282. The van der Waals surface area contributed by atoms with E-state index in [4.69, 9.17) is 16.2 Å². The van der Waals surface area contributed by atoms with Crippen molar-refractivity contribution < 1.29 is 97.0 Å². The maximum absolute atomic E-state index is 15.5. The zero-order chi connectivity index (χ0) is 82.3. The Balaban J connectivity index is 1.05. The molecule has 3 heterocycles. The number of pyridine rings is 1. The molecule has 35 heteroatoms. The summed E-state index contributed by atoms with van der Waals surface area (Å²) in [4.78, 5) is 191. The largest absolute Gasteiger partial charge is 0.497 e. The number of primary amides is 1. The number of methoxy groups -OCH3 is 1. The number of carboxylic acid groups (broad SMARTS) is 2. The number of amides is 11. The number of rotatable bonds is 40. The number of carbonyl (C=O) groups is 13. The molecular weight excluding hydrogens is 1460 g/mol. The molecule has 4 aromatic carbocycles. The van der Waals surface area contributed by atoms with E-state index in [-0.39, 0.29) is 37.8 Å². The van der Waals surface area contributed by atoms with Crippen molar-refractivity contribution in [2.75, 3.05) is 26.8 Å². The van der Waals surface area contributed by atoms with Gasteiger partial charge in [0.1, 0.15) is 64.9 Å². The molecule has 0 saturated carbocycles. The predicted molar refractivity (Wildman–Crippen MR) is 401 cm³/mol. The lowest BCUT2D eigenvalue weighted by atomic mass is 9.90. The van der Waals surface area contributed by atoms with Crippen LogP contribution in [0.1, 0.15) is 100 Å². The molecule has 19 N–H and O–H groups in total. The fourth-order valence-electron chi connectivity index (χ4n) is 12.7. The number of benzene rings is 4. The van der Waals surface area contributed by atoms with Crippen LogP contribution in [0.5, 0.6) is 5.75 Å². The van der Waals surface area contributed by atoms with Crippen LogP contribution in [0.3, 0.4) is 0 Å². The molecule has 1 aliphatic rings. The second kappa shape index (κ2) is 40.0. The molecule has 2 unspecified atom stereocenters. The number of hydrogen-bond acceptors (Lipinski definition) is 20. The Hall–Kier alpha value is -12.1. The van der Waals surface area contributed by atoms with E-state index >= 15 is 4.39 Å². The number of imidazole rings is 1. The zero-order valence-corrected chi connectivity index (χ0v) is 62.8. The quantitative estimate of drug-likeness (QED) is 0.0222. The van der Waals surface area contributed by atoms with Crippen molar-refractivity contribution in [2.24, 2.45) is 11.5 Å². The molecule has 34 nitrogen and oxygen atoms in total. The highest BCUT2D eigenvalue weighted by Gasteiger charge is 2.48. The van der Waals surface area contributed by atoms with E-state index < -0.39 is 193 Å². The van der Waals surface area contributed by atoms with Crippen molar-refractivity contribution in [3.63, 3.8) is 0 Å².